The number of amides is 1. The maximum Gasteiger partial charge on any atom is 0.310 e. The molecule has 0 radical (unpaired) electrons. The highest BCUT2D eigenvalue weighted by Crippen LogP contribution is 2.39. The summed E-state index contributed by atoms with van der Waals surface area (Å²) in [5.41, 5.74) is 0.850. The highest BCUT2D eigenvalue weighted by atomic mass is 79.9. The van der Waals surface area contributed by atoms with Gasteiger partial charge in [-0.3, -0.25) is 9.59 Å². The first kappa shape index (κ1) is 16.0. The fraction of sp³-hybridized carbons (Fsp3) is 0.500. The molecule has 0 aromatic heterocycles. The molecule has 1 aromatic rings. The van der Waals surface area contributed by atoms with E-state index in [4.69, 9.17) is 0 Å². The zero-order valence-electron chi connectivity index (χ0n) is 12.1. The number of aryl methyl sites for hydroxylation is 1. The Kier molecular flexibility index (Phi) is 5.04. The number of anilines is 1. The van der Waals surface area contributed by atoms with Crippen molar-refractivity contribution in [1.29, 1.82) is 0 Å². The van der Waals surface area contributed by atoms with Gasteiger partial charge in [0.1, 0.15) is 0 Å². The van der Waals surface area contributed by atoms with Gasteiger partial charge in [0.15, 0.2) is 0 Å². The minimum Gasteiger partial charge on any atom is -0.481 e. The van der Waals surface area contributed by atoms with Gasteiger partial charge in [0.2, 0.25) is 5.91 Å². The summed E-state index contributed by atoms with van der Waals surface area (Å²) in [6.45, 7) is 1.94. The van der Waals surface area contributed by atoms with Gasteiger partial charge in [-0.1, -0.05) is 35.2 Å². The second kappa shape index (κ2) is 6.60. The number of nitrogens with one attached hydrogen (secondary N) is 1. The SMILES string of the molecule is Cc1cc(NC(=O)CC2(C(=O)O)CCCCC2)ccc1Br. The van der Waals surface area contributed by atoms with E-state index in [1.807, 2.05) is 25.1 Å². The number of hydrogen-bond donors (Lipinski definition) is 2. The van der Waals surface area contributed by atoms with Crippen LogP contribution in [0.25, 0.3) is 0 Å². The summed E-state index contributed by atoms with van der Waals surface area (Å²) in [6, 6.07) is 5.55. The van der Waals surface area contributed by atoms with Crippen LogP contribution in [0.4, 0.5) is 5.69 Å². The highest BCUT2D eigenvalue weighted by molar-refractivity contribution is 9.10. The molecule has 1 aromatic carbocycles. The number of hydrogen-bond acceptors (Lipinski definition) is 2. The molecule has 1 amide bonds. The second-order valence-electron chi connectivity index (χ2n) is 5.84. The van der Waals surface area contributed by atoms with Gasteiger partial charge in [-0.15, -0.1) is 0 Å². The Labute approximate surface area is 133 Å². The number of carbonyl (C=O) groups excluding carboxylic acids is 1. The number of carboxylic acid groups (broad SMARTS) is 1. The summed E-state index contributed by atoms with van der Waals surface area (Å²) < 4.78 is 0.981. The first-order valence-corrected chi connectivity index (χ1v) is 8.02. The van der Waals surface area contributed by atoms with Gasteiger partial charge in [-0.25, -0.2) is 0 Å². The van der Waals surface area contributed by atoms with E-state index < -0.39 is 11.4 Å². The Hall–Kier alpha value is -1.36. The first-order chi connectivity index (χ1) is 9.93. The lowest BCUT2D eigenvalue weighted by Gasteiger charge is -2.32. The maximum absolute atomic E-state index is 12.2. The Morgan fingerprint density at radius 3 is 2.52 bits per heavy atom. The van der Waals surface area contributed by atoms with E-state index >= 15 is 0 Å². The van der Waals surface area contributed by atoms with Crippen molar-refractivity contribution in [2.24, 2.45) is 5.41 Å². The van der Waals surface area contributed by atoms with Crippen LogP contribution in [-0.4, -0.2) is 17.0 Å². The molecular weight excluding hydrogens is 334 g/mol. The second-order valence-corrected chi connectivity index (χ2v) is 6.69. The monoisotopic (exact) mass is 353 g/mol. The number of aliphatic carboxylic acids is 1. The largest absolute Gasteiger partial charge is 0.481 e. The minimum atomic E-state index is -0.882. The van der Waals surface area contributed by atoms with Crippen LogP contribution in [0, 0.1) is 12.3 Å². The van der Waals surface area contributed by atoms with Crippen molar-refractivity contribution in [3.8, 4) is 0 Å². The van der Waals surface area contributed by atoms with Crippen LogP contribution < -0.4 is 5.32 Å². The van der Waals surface area contributed by atoms with Crippen molar-refractivity contribution in [1.82, 2.24) is 0 Å². The van der Waals surface area contributed by atoms with Crippen molar-refractivity contribution in [2.75, 3.05) is 5.32 Å². The number of halogens is 1. The smallest absolute Gasteiger partial charge is 0.310 e. The molecule has 2 N–H and O–H groups in total. The van der Waals surface area contributed by atoms with Gasteiger partial charge in [0, 0.05) is 16.6 Å². The third-order valence-electron chi connectivity index (χ3n) is 4.20. The van der Waals surface area contributed by atoms with Crippen molar-refractivity contribution >= 4 is 33.5 Å². The molecule has 4 nitrogen and oxygen atoms in total. The predicted molar refractivity (Wildman–Crippen MR) is 85.3 cm³/mol. The molecule has 2 rings (SSSR count). The lowest BCUT2D eigenvalue weighted by Crippen LogP contribution is -2.37. The number of carbonyl (C=O) groups is 2. The van der Waals surface area contributed by atoms with Crippen LogP contribution in [-0.2, 0) is 9.59 Å². The molecule has 0 heterocycles. The molecule has 5 heteroatoms. The average molecular weight is 354 g/mol. The van der Waals surface area contributed by atoms with E-state index in [-0.39, 0.29) is 12.3 Å². The lowest BCUT2D eigenvalue weighted by molar-refractivity contribution is -0.153. The summed E-state index contributed by atoms with van der Waals surface area (Å²) >= 11 is 3.41. The fourth-order valence-corrected chi connectivity index (χ4v) is 3.18. The maximum atomic E-state index is 12.2. The molecule has 1 saturated carbocycles. The standard InChI is InChI=1S/C16H20BrNO3/c1-11-9-12(5-6-13(11)17)18-14(19)10-16(15(20)21)7-3-2-4-8-16/h5-6,9H,2-4,7-8,10H2,1H3,(H,18,19)(H,20,21). The molecule has 1 fully saturated rings. The first-order valence-electron chi connectivity index (χ1n) is 7.22. The van der Waals surface area contributed by atoms with Gasteiger partial charge < -0.3 is 10.4 Å². The summed E-state index contributed by atoms with van der Waals surface area (Å²) in [7, 11) is 0. The molecule has 0 bridgehead atoms. The number of rotatable bonds is 4. The van der Waals surface area contributed by atoms with Crippen LogP contribution in [0.3, 0.4) is 0 Å². The molecule has 0 saturated heterocycles. The Morgan fingerprint density at radius 1 is 1.29 bits per heavy atom. The van der Waals surface area contributed by atoms with Gasteiger partial charge in [0.05, 0.1) is 5.41 Å². The normalized spacial score (nSPS) is 17.2. The van der Waals surface area contributed by atoms with E-state index in [0.717, 1.165) is 29.3 Å². The Morgan fingerprint density at radius 2 is 1.95 bits per heavy atom. The van der Waals surface area contributed by atoms with Crippen LogP contribution >= 0.6 is 15.9 Å². The summed E-state index contributed by atoms with van der Waals surface area (Å²) in [6.07, 6.45) is 4.07. The molecule has 21 heavy (non-hydrogen) atoms. The fourth-order valence-electron chi connectivity index (χ4n) is 2.93. The zero-order chi connectivity index (χ0) is 15.5. The molecular formula is C16H20BrNO3. The van der Waals surface area contributed by atoms with Crippen molar-refractivity contribution in [2.45, 2.75) is 45.4 Å². The van der Waals surface area contributed by atoms with Gasteiger partial charge in [-0.05, 0) is 43.5 Å². The predicted octanol–water partition coefficient (Wildman–Crippen LogP) is 4.12. The Balaban J connectivity index is 2.05. The lowest BCUT2D eigenvalue weighted by atomic mass is 9.71. The number of carboxylic acids is 1. The summed E-state index contributed by atoms with van der Waals surface area (Å²) in [4.78, 5) is 23.8. The van der Waals surface area contributed by atoms with Crippen LogP contribution in [0.1, 0.15) is 44.1 Å². The molecule has 1 aliphatic carbocycles. The Bertz CT molecular complexity index is 550. The molecule has 0 atom stereocenters. The van der Waals surface area contributed by atoms with E-state index in [9.17, 15) is 14.7 Å². The van der Waals surface area contributed by atoms with Crippen molar-refractivity contribution < 1.29 is 14.7 Å². The van der Waals surface area contributed by atoms with Crippen molar-refractivity contribution in [3.63, 3.8) is 0 Å². The average Bonchev–Trinajstić information content (AvgIpc) is 2.43. The molecule has 0 aliphatic heterocycles. The van der Waals surface area contributed by atoms with Crippen molar-refractivity contribution in [3.05, 3.63) is 28.2 Å². The summed E-state index contributed by atoms with van der Waals surface area (Å²) in [5.74, 6) is -1.06. The molecule has 1 aliphatic rings. The minimum absolute atomic E-state index is 0.0530. The van der Waals surface area contributed by atoms with E-state index in [0.29, 0.717) is 18.5 Å². The van der Waals surface area contributed by atoms with E-state index in [1.54, 1.807) is 0 Å². The van der Waals surface area contributed by atoms with Crippen LogP contribution in [0.15, 0.2) is 22.7 Å². The van der Waals surface area contributed by atoms with E-state index in [2.05, 4.69) is 21.2 Å². The quantitative estimate of drug-likeness (QED) is 0.855. The van der Waals surface area contributed by atoms with Gasteiger partial charge >= 0.3 is 5.97 Å². The van der Waals surface area contributed by atoms with Crippen LogP contribution in [0.5, 0.6) is 0 Å². The topological polar surface area (TPSA) is 66.4 Å². The molecule has 0 unspecified atom stereocenters. The van der Waals surface area contributed by atoms with E-state index in [1.165, 1.54) is 0 Å². The van der Waals surface area contributed by atoms with Crippen LogP contribution in [0.2, 0.25) is 0 Å². The third kappa shape index (κ3) is 3.84. The third-order valence-corrected chi connectivity index (χ3v) is 5.09. The molecule has 114 valence electrons. The van der Waals surface area contributed by atoms with Gasteiger partial charge in [-0.2, -0.15) is 0 Å². The zero-order valence-corrected chi connectivity index (χ0v) is 13.7. The molecule has 0 spiro atoms. The highest BCUT2D eigenvalue weighted by Gasteiger charge is 2.41. The summed E-state index contributed by atoms with van der Waals surface area (Å²) in [5, 5.41) is 12.3. The van der Waals surface area contributed by atoms with Gasteiger partial charge in [0.25, 0.3) is 0 Å². The number of benzene rings is 1.